The summed E-state index contributed by atoms with van der Waals surface area (Å²) in [4.78, 5) is 6.10. The van der Waals surface area contributed by atoms with Crippen LogP contribution in [0.15, 0.2) is 24.5 Å². The highest BCUT2D eigenvalue weighted by Crippen LogP contribution is 2.41. The maximum Gasteiger partial charge on any atom is 0.254 e. The van der Waals surface area contributed by atoms with Crippen LogP contribution in [0, 0.1) is 5.21 Å². The van der Waals surface area contributed by atoms with E-state index < -0.39 is 0 Å². The van der Waals surface area contributed by atoms with Gasteiger partial charge in [0.15, 0.2) is 6.21 Å². The molecular formula is C15H21N3OS2. The van der Waals surface area contributed by atoms with Gasteiger partial charge in [-0.05, 0) is 32.4 Å². The molecule has 0 aromatic carbocycles. The van der Waals surface area contributed by atoms with Gasteiger partial charge in [0.05, 0.1) is 5.56 Å². The van der Waals surface area contributed by atoms with Gasteiger partial charge in [-0.25, -0.2) is 0 Å². The average molecular weight is 323 g/mol. The maximum absolute atomic E-state index is 12.7. The Bertz CT molecular complexity index is 531. The smallest absolute Gasteiger partial charge is 0.254 e. The van der Waals surface area contributed by atoms with Crippen LogP contribution in [0.4, 0.5) is 0 Å². The van der Waals surface area contributed by atoms with E-state index in [0.717, 1.165) is 34.0 Å². The second kappa shape index (κ2) is 6.75. The third-order valence-corrected chi connectivity index (χ3v) is 5.09. The van der Waals surface area contributed by atoms with E-state index in [-0.39, 0.29) is 10.9 Å². The highest BCUT2D eigenvalue weighted by Gasteiger charge is 2.50. The Morgan fingerprint density at radius 1 is 1.57 bits per heavy atom. The zero-order valence-electron chi connectivity index (χ0n) is 12.7. The van der Waals surface area contributed by atoms with Crippen LogP contribution in [0.5, 0.6) is 0 Å². The van der Waals surface area contributed by atoms with Gasteiger partial charge in [-0.2, -0.15) is 4.74 Å². The summed E-state index contributed by atoms with van der Waals surface area (Å²) >= 11 is 7.07. The number of pyridine rings is 1. The summed E-state index contributed by atoms with van der Waals surface area (Å²) in [6, 6.07) is 3.70. The van der Waals surface area contributed by atoms with Crippen molar-refractivity contribution in [3.63, 3.8) is 0 Å². The van der Waals surface area contributed by atoms with E-state index in [2.05, 4.69) is 30.7 Å². The maximum atomic E-state index is 12.7. The van der Waals surface area contributed by atoms with Gasteiger partial charge in [-0.1, -0.05) is 37.3 Å². The molecule has 1 atom stereocenters. The molecule has 21 heavy (non-hydrogen) atoms. The fraction of sp³-hybridized carbons (Fsp3) is 0.533. The molecule has 0 bridgehead atoms. The van der Waals surface area contributed by atoms with Gasteiger partial charge < -0.3 is 5.21 Å². The van der Waals surface area contributed by atoms with Crippen LogP contribution in [-0.2, 0) is 0 Å². The first-order valence-corrected chi connectivity index (χ1v) is 8.38. The number of hydroxylamine groups is 1. The lowest BCUT2D eigenvalue weighted by molar-refractivity contribution is -0.523. The van der Waals surface area contributed by atoms with Gasteiger partial charge in [-0.3, -0.25) is 9.88 Å². The van der Waals surface area contributed by atoms with Crippen LogP contribution < -0.4 is 0 Å². The molecule has 114 valence electrons. The van der Waals surface area contributed by atoms with Gasteiger partial charge in [-0.15, -0.1) is 0 Å². The van der Waals surface area contributed by atoms with Crippen LogP contribution in [0.2, 0.25) is 0 Å². The number of thiocarbonyl (C=S) groups is 1. The number of hydrogen-bond donors (Lipinski definition) is 0. The molecule has 2 rings (SSSR count). The third kappa shape index (κ3) is 3.74. The summed E-state index contributed by atoms with van der Waals surface area (Å²) in [5.74, 6) is 0. The average Bonchev–Trinajstić information content (AvgIpc) is 2.66. The summed E-state index contributed by atoms with van der Waals surface area (Å²) in [7, 11) is 0. The number of nitrogens with zero attached hydrogens (tertiary/aromatic N) is 3. The quantitative estimate of drug-likeness (QED) is 0.273. The van der Waals surface area contributed by atoms with E-state index in [9.17, 15) is 5.21 Å². The predicted octanol–water partition coefficient (Wildman–Crippen LogP) is 3.25. The summed E-state index contributed by atoms with van der Waals surface area (Å²) in [5, 5.41) is 12.7. The Labute approximate surface area is 135 Å². The molecule has 1 fully saturated rings. The highest BCUT2D eigenvalue weighted by atomic mass is 32.2. The topological polar surface area (TPSA) is 42.2 Å². The zero-order chi connectivity index (χ0) is 15.5. The molecule has 1 aromatic rings. The summed E-state index contributed by atoms with van der Waals surface area (Å²) in [6.07, 6.45) is 6.84. The van der Waals surface area contributed by atoms with Crippen LogP contribution in [0.1, 0.15) is 39.2 Å². The minimum absolute atomic E-state index is 0.231. The minimum atomic E-state index is -0.276. The molecule has 0 radical (unpaired) electrons. The zero-order valence-corrected chi connectivity index (χ0v) is 14.3. The number of unbranched alkanes of at least 4 members (excludes halogenated alkanes) is 1. The van der Waals surface area contributed by atoms with Gasteiger partial charge in [0.1, 0.15) is 9.07 Å². The molecule has 0 amide bonds. The van der Waals surface area contributed by atoms with Crippen molar-refractivity contribution in [3.8, 4) is 0 Å². The molecular weight excluding hydrogens is 302 g/mol. The highest BCUT2D eigenvalue weighted by molar-refractivity contribution is 8.24. The summed E-state index contributed by atoms with van der Waals surface area (Å²) in [6.45, 7) is 7.12. The normalized spacial score (nSPS) is 21.9. The molecule has 0 N–H and O–H groups in total. The fourth-order valence-corrected chi connectivity index (χ4v) is 4.40. The number of thioether (sulfide) groups is 1. The minimum Gasteiger partial charge on any atom is -0.622 e. The standard InChI is InChI=1S/C15H21N3OS2/c1-4-5-9-17-13(15(2,3)21-14(17)20)18(19)11-12-7-6-8-16-10-12/h6-8,10-11,13H,4-5,9H2,1-3H3/b18-11-/t13-/m0/s1. The Kier molecular flexibility index (Phi) is 5.22. The number of aromatic nitrogens is 1. The molecule has 1 aromatic heterocycles. The number of hydrogen-bond acceptors (Lipinski definition) is 4. The summed E-state index contributed by atoms with van der Waals surface area (Å²) in [5.41, 5.74) is 0.807. The predicted molar refractivity (Wildman–Crippen MR) is 92.7 cm³/mol. The van der Waals surface area contributed by atoms with Crippen LogP contribution in [0.3, 0.4) is 0 Å². The monoisotopic (exact) mass is 323 g/mol. The van der Waals surface area contributed by atoms with Crippen LogP contribution >= 0.6 is 24.0 Å². The SMILES string of the molecule is CCCCN1C(=S)SC(C)(C)[C@@H]1/[N+]([O-])=C/c1cccnc1. The van der Waals surface area contributed by atoms with E-state index in [4.69, 9.17) is 12.2 Å². The van der Waals surface area contributed by atoms with Crippen molar-refractivity contribution in [3.05, 3.63) is 35.3 Å². The molecule has 1 aliphatic heterocycles. The van der Waals surface area contributed by atoms with Gasteiger partial charge in [0.2, 0.25) is 0 Å². The first-order valence-electron chi connectivity index (χ1n) is 7.15. The first-order chi connectivity index (χ1) is 9.95. The molecule has 0 saturated carbocycles. The molecule has 1 aliphatic rings. The van der Waals surface area contributed by atoms with E-state index in [0.29, 0.717) is 0 Å². The number of rotatable bonds is 5. The van der Waals surface area contributed by atoms with Crippen molar-refractivity contribution in [2.45, 2.75) is 44.5 Å². The first kappa shape index (κ1) is 16.2. The van der Waals surface area contributed by atoms with Crippen molar-refractivity contribution in [2.75, 3.05) is 6.54 Å². The molecule has 0 unspecified atom stereocenters. The summed E-state index contributed by atoms with van der Waals surface area (Å²) < 4.78 is 1.61. The van der Waals surface area contributed by atoms with Crippen molar-refractivity contribution < 1.29 is 4.74 Å². The van der Waals surface area contributed by atoms with Gasteiger partial charge in [0, 0.05) is 18.9 Å². The van der Waals surface area contributed by atoms with E-state index in [1.807, 2.05) is 12.1 Å². The second-order valence-electron chi connectivity index (χ2n) is 5.67. The Morgan fingerprint density at radius 3 is 2.95 bits per heavy atom. The second-order valence-corrected chi connectivity index (χ2v) is 7.96. The van der Waals surface area contributed by atoms with Crippen LogP contribution in [-0.4, -0.2) is 42.6 Å². The Hall–Kier alpha value is -1.14. The lowest BCUT2D eigenvalue weighted by atomic mass is 10.1. The van der Waals surface area contributed by atoms with Gasteiger partial charge in [0.25, 0.3) is 6.17 Å². The van der Waals surface area contributed by atoms with Crippen molar-refractivity contribution in [2.24, 2.45) is 0 Å². The third-order valence-electron chi connectivity index (χ3n) is 3.46. The molecule has 1 saturated heterocycles. The van der Waals surface area contributed by atoms with E-state index in [1.54, 1.807) is 30.4 Å². The van der Waals surface area contributed by atoms with Crippen LogP contribution in [0.25, 0.3) is 0 Å². The van der Waals surface area contributed by atoms with Crippen molar-refractivity contribution in [1.82, 2.24) is 9.88 Å². The lowest BCUT2D eigenvalue weighted by Gasteiger charge is -2.29. The Balaban J connectivity index is 2.28. The Morgan fingerprint density at radius 2 is 2.33 bits per heavy atom. The molecule has 4 nitrogen and oxygen atoms in total. The van der Waals surface area contributed by atoms with E-state index >= 15 is 0 Å². The largest absolute Gasteiger partial charge is 0.622 e. The van der Waals surface area contributed by atoms with Crippen molar-refractivity contribution >= 4 is 34.5 Å². The lowest BCUT2D eigenvalue weighted by Crippen LogP contribution is -2.48. The van der Waals surface area contributed by atoms with E-state index in [1.165, 1.54) is 0 Å². The van der Waals surface area contributed by atoms with Gasteiger partial charge >= 0.3 is 0 Å². The molecule has 0 spiro atoms. The molecule has 6 heteroatoms. The fourth-order valence-electron chi connectivity index (χ4n) is 2.47. The van der Waals surface area contributed by atoms with Crippen molar-refractivity contribution in [1.29, 1.82) is 0 Å². The molecule has 0 aliphatic carbocycles. The molecule has 2 heterocycles.